The lowest BCUT2D eigenvalue weighted by Gasteiger charge is -2.29. The van der Waals surface area contributed by atoms with Crippen LogP contribution >= 0.6 is 11.6 Å². The Morgan fingerprint density at radius 1 is 1.35 bits per heavy atom. The maximum atomic E-state index is 6.14. The van der Waals surface area contributed by atoms with Crippen LogP contribution in [-0.4, -0.2) is 16.6 Å². The molecule has 0 spiro atoms. The van der Waals surface area contributed by atoms with Gasteiger partial charge in [0.05, 0.1) is 5.38 Å². The van der Waals surface area contributed by atoms with E-state index in [0.29, 0.717) is 12.5 Å². The van der Waals surface area contributed by atoms with Crippen LogP contribution in [0.3, 0.4) is 0 Å². The Balaban J connectivity index is 2.22. The van der Waals surface area contributed by atoms with E-state index in [9.17, 15) is 0 Å². The second-order valence-corrected chi connectivity index (χ2v) is 6.31. The largest absolute Gasteiger partial charge is 0.370 e. The van der Waals surface area contributed by atoms with E-state index in [2.05, 4.69) is 9.97 Å². The van der Waals surface area contributed by atoms with Gasteiger partial charge in [-0.2, -0.15) is 0 Å². The minimum atomic E-state index is -0.0516. The van der Waals surface area contributed by atoms with Crippen molar-refractivity contribution in [2.75, 3.05) is 6.61 Å². The average molecular weight is 297 g/mol. The van der Waals surface area contributed by atoms with Crippen molar-refractivity contribution in [3.8, 4) is 0 Å². The molecule has 1 aliphatic rings. The molecular formula is C16H25ClN2O. The van der Waals surface area contributed by atoms with Gasteiger partial charge in [0.1, 0.15) is 6.10 Å². The summed E-state index contributed by atoms with van der Waals surface area (Å²) < 4.78 is 5.96. The molecule has 4 heteroatoms. The zero-order chi connectivity index (χ0) is 14.5. The van der Waals surface area contributed by atoms with Crippen LogP contribution in [0.4, 0.5) is 0 Å². The molecule has 1 aliphatic carbocycles. The van der Waals surface area contributed by atoms with Gasteiger partial charge in [-0.3, -0.25) is 0 Å². The standard InChI is InChI=1S/C16H25ClN2O/c1-4-20-15(13-8-6-5-7-9-13)16-18-10-14(11(2)17)12(3)19-16/h10-11,13,15H,4-9H2,1-3H3. The van der Waals surface area contributed by atoms with Crippen molar-refractivity contribution in [1.82, 2.24) is 9.97 Å². The second kappa shape index (κ2) is 7.37. The summed E-state index contributed by atoms with van der Waals surface area (Å²) >= 11 is 6.14. The Morgan fingerprint density at radius 3 is 2.60 bits per heavy atom. The molecule has 2 unspecified atom stereocenters. The molecule has 0 aliphatic heterocycles. The molecule has 1 heterocycles. The quantitative estimate of drug-likeness (QED) is 0.736. The van der Waals surface area contributed by atoms with E-state index in [1.807, 2.05) is 27.0 Å². The fraction of sp³-hybridized carbons (Fsp3) is 0.750. The van der Waals surface area contributed by atoms with Gasteiger partial charge < -0.3 is 4.74 Å². The number of ether oxygens (including phenoxy) is 1. The molecule has 20 heavy (non-hydrogen) atoms. The summed E-state index contributed by atoms with van der Waals surface area (Å²) in [5.41, 5.74) is 1.98. The third-order valence-electron chi connectivity index (χ3n) is 4.14. The molecule has 112 valence electrons. The lowest BCUT2D eigenvalue weighted by Crippen LogP contribution is -2.22. The lowest BCUT2D eigenvalue weighted by molar-refractivity contribution is -0.000324. The zero-order valence-electron chi connectivity index (χ0n) is 12.7. The van der Waals surface area contributed by atoms with Crippen molar-refractivity contribution in [3.63, 3.8) is 0 Å². The van der Waals surface area contributed by atoms with Crippen LogP contribution < -0.4 is 0 Å². The van der Waals surface area contributed by atoms with Gasteiger partial charge >= 0.3 is 0 Å². The molecule has 0 aromatic carbocycles. The first-order valence-corrected chi connectivity index (χ1v) is 8.16. The highest BCUT2D eigenvalue weighted by atomic mass is 35.5. The summed E-state index contributed by atoms with van der Waals surface area (Å²) in [7, 11) is 0. The van der Waals surface area contributed by atoms with Gasteiger partial charge in [-0.1, -0.05) is 19.3 Å². The molecular weight excluding hydrogens is 272 g/mol. The van der Waals surface area contributed by atoms with E-state index < -0.39 is 0 Å². The molecule has 1 saturated carbocycles. The number of halogens is 1. The van der Waals surface area contributed by atoms with E-state index in [1.54, 1.807) is 0 Å². The molecule has 0 bridgehead atoms. The minimum Gasteiger partial charge on any atom is -0.370 e. The van der Waals surface area contributed by atoms with E-state index in [1.165, 1.54) is 32.1 Å². The highest BCUT2D eigenvalue weighted by Crippen LogP contribution is 2.36. The number of aryl methyl sites for hydroxylation is 1. The number of rotatable bonds is 5. The predicted molar refractivity (Wildman–Crippen MR) is 82.0 cm³/mol. The van der Waals surface area contributed by atoms with Crippen molar-refractivity contribution in [1.29, 1.82) is 0 Å². The summed E-state index contributed by atoms with van der Waals surface area (Å²) in [6.45, 7) is 6.70. The number of hydrogen-bond acceptors (Lipinski definition) is 3. The van der Waals surface area contributed by atoms with Gasteiger partial charge in [0.2, 0.25) is 0 Å². The van der Waals surface area contributed by atoms with Crippen LogP contribution in [0.15, 0.2) is 6.20 Å². The molecule has 0 radical (unpaired) electrons. The predicted octanol–water partition coefficient (Wildman–Crippen LogP) is 4.74. The fourth-order valence-corrected chi connectivity index (χ4v) is 3.27. The topological polar surface area (TPSA) is 35.0 Å². The van der Waals surface area contributed by atoms with Crippen molar-refractivity contribution in [2.45, 2.75) is 64.4 Å². The Morgan fingerprint density at radius 2 is 2.05 bits per heavy atom. The number of hydrogen-bond donors (Lipinski definition) is 0. The van der Waals surface area contributed by atoms with E-state index >= 15 is 0 Å². The number of nitrogens with zero attached hydrogens (tertiary/aromatic N) is 2. The molecule has 3 nitrogen and oxygen atoms in total. The summed E-state index contributed by atoms with van der Waals surface area (Å²) in [6.07, 6.45) is 8.29. The van der Waals surface area contributed by atoms with Gasteiger partial charge in [0.25, 0.3) is 0 Å². The van der Waals surface area contributed by atoms with Gasteiger partial charge in [0, 0.05) is 24.1 Å². The number of aromatic nitrogens is 2. The maximum absolute atomic E-state index is 6.14. The third kappa shape index (κ3) is 3.70. The minimum absolute atomic E-state index is 0.0404. The van der Waals surface area contributed by atoms with Gasteiger partial charge in [-0.15, -0.1) is 11.6 Å². The lowest BCUT2D eigenvalue weighted by atomic mass is 9.85. The number of alkyl halides is 1. The molecule has 0 N–H and O–H groups in total. The third-order valence-corrected chi connectivity index (χ3v) is 4.38. The van der Waals surface area contributed by atoms with Crippen LogP contribution in [-0.2, 0) is 4.74 Å². The van der Waals surface area contributed by atoms with Gasteiger partial charge in [-0.05, 0) is 39.5 Å². The Kier molecular flexibility index (Phi) is 5.79. The molecule has 1 fully saturated rings. The molecule has 0 saturated heterocycles. The summed E-state index contributed by atoms with van der Waals surface area (Å²) in [6, 6.07) is 0. The van der Waals surface area contributed by atoms with Crippen LogP contribution in [0, 0.1) is 12.8 Å². The second-order valence-electron chi connectivity index (χ2n) is 5.66. The smallest absolute Gasteiger partial charge is 0.157 e. The van der Waals surface area contributed by atoms with Crippen molar-refractivity contribution < 1.29 is 4.74 Å². The van der Waals surface area contributed by atoms with Gasteiger partial charge in [-0.25, -0.2) is 9.97 Å². The van der Waals surface area contributed by atoms with Crippen LogP contribution in [0.1, 0.15) is 74.5 Å². The average Bonchev–Trinajstić information content (AvgIpc) is 2.45. The molecule has 1 aromatic heterocycles. The zero-order valence-corrected chi connectivity index (χ0v) is 13.5. The van der Waals surface area contributed by atoms with E-state index in [4.69, 9.17) is 16.3 Å². The highest BCUT2D eigenvalue weighted by Gasteiger charge is 2.28. The first-order valence-electron chi connectivity index (χ1n) is 7.72. The van der Waals surface area contributed by atoms with E-state index in [0.717, 1.165) is 17.1 Å². The SMILES string of the molecule is CCOC(c1ncc(C(C)Cl)c(C)n1)C1CCCCC1. The molecule has 2 atom stereocenters. The monoisotopic (exact) mass is 296 g/mol. The van der Waals surface area contributed by atoms with E-state index in [-0.39, 0.29) is 11.5 Å². The summed E-state index contributed by atoms with van der Waals surface area (Å²) in [4.78, 5) is 9.20. The first kappa shape index (κ1) is 15.7. The summed E-state index contributed by atoms with van der Waals surface area (Å²) in [5, 5.41) is -0.0516. The van der Waals surface area contributed by atoms with Gasteiger partial charge in [0.15, 0.2) is 5.82 Å². The Labute approximate surface area is 127 Å². The maximum Gasteiger partial charge on any atom is 0.157 e. The molecule has 1 aromatic rings. The molecule has 2 rings (SSSR count). The highest BCUT2D eigenvalue weighted by molar-refractivity contribution is 6.20. The fourth-order valence-electron chi connectivity index (χ4n) is 3.06. The summed E-state index contributed by atoms with van der Waals surface area (Å²) in [5.74, 6) is 1.39. The van der Waals surface area contributed by atoms with Crippen molar-refractivity contribution in [2.24, 2.45) is 5.92 Å². The first-order chi connectivity index (χ1) is 9.63. The Bertz CT molecular complexity index is 430. The van der Waals surface area contributed by atoms with Crippen LogP contribution in [0.5, 0.6) is 0 Å². The normalized spacial score (nSPS) is 19.8. The van der Waals surface area contributed by atoms with Crippen molar-refractivity contribution >= 4 is 11.6 Å². The van der Waals surface area contributed by atoms with Crippen LogP contribution in [0.25, 0.3) is 0 Å². The Hall–Kier alpha value is -0.670. The van der Waals surface area contributed by atoms with Crippen molar-refractivity contribution in [3.05, 3.63) is 23.3 Å². The molecule has 0 amide bonds. The van der Waals surface area contributed by atoms with Crippen LogP contribution in [0.2, 0.25) is 0 Å².